The topological polar surface area (TPSA) is 92.9 Å². The highest BCUT2D eigenvalue weighted by Crippen LogP contribution is 2.20. The van der Waals surface area contributed by atoms with E-state index in [1.165, 1.54) is 11.3 Å². The predicted octanol–water partition coefficient (Wildman–Crippen LogP) is 3.89. The average Bonchev–Trinajstić information content (AvgIpc) is 3.22. The third-order valence-electron chi connectivity index (χ3n) is 3.32. The van der Waals surface area contributed by atoms with Gasteiger partial charge in [0.15, 0.2) is 5.13 Å². The molecular weight excluding hydrogens is 366 g/mol. The molecule has 3 aromatic rings. The van der Waals surface area contributed by atoms with Gasteiger partial charge < -0.3 is 9.73 Å². The molecule has 2 N–H and O–H groups in total. The van der Waals surface area contributed by atoms with Crippen molar-refractivity contribution in [2.24, 2.45) is 0 Å². The zero-order chi connectivity index (χ0) is 18.6. The van der Waals surface area contributed by atoms with E-state index in [-0.39, 0.29) is 6.03 Å². The van der Waals surface area contributed by atoms with Crippen molar-refractivity contribution >= 4 is 53.8 Å². The normalized spacial score (nSPS) is 11.7. The summed E-state index contributed by atoms with van der Waals surface area (Å²) in [6.45, 7) is 6.62. The minimum Gasteiger partial charge on any atom is -0.447 e. The summed E-state index contributed by atoms with van der Waals surface area (Å²) in [6, 6.07) is 3.14. The number of pyridine rings is 1. The van der Waals surface area contributed by atoms with Crippen LogP contribution >= 0.6 is 11.3 Å². The maximum absolute atomic E-state index is 11.9. The summed E-state index contributed by atoms with van der Waals surface area (Å²) in [4.78, 5) is 25.2. The van der Waals surface area contributed by atoms with Gasteiger partial charge >= 0.3 is 6.03 Å². The molecule has 134 valence electrons. The highest BCUT2D eigenvalue weighted by molar-refractivity contribution is 7.16. The first-order valence-electron chi connectivity index (χ1n) is 7.98. The number of carbonyl (C=O) groups is 1. The lowest BCUT2D eigenvalue weighted by Crippen LogP contribution is -2.36. The van der Waals surface area contributed by atoms with E-state index < -0.39 is 8.07 Å². The van der Waals surface area contributed by atoms with Gasteiger partial charge in [-0.25, -0.2) is 14.8 Å². The number of hydrogen-bond acceptors (Lipinski definition) is 6. The maximum Gasteiger partial charge on any atom is 0.325 e. The number of rotatable bonds is 5. The van der Waals surface area contributed by atoms with Crippen molar-refractivity contribution < 1.29 is 9.21 Å². The van der Waals surface area contributed by atoms with Gasteiger partial charge in [-0.1, -0.05) is 31.0 Å². The van der Waals surface area contributed by atoms with E-state index in [1.54, 1.807) is 43.0 Å². The molecule has 0 aliphatic carbocycles. The summed E-state index contributed by atoms with van der Waals surface area (Å²) in [5.41, 5.74) is 0.615. The van der Waals surface area contributed by atoms with Crippen LogP contribution in [0.25, 0.3) is 12.2 Å². The minimum atomic E-state index is -1.50. The monoisotopic (exact) mass is 385 g/mol. The van der Waals surface area contributed by atoms with Crippen molar-refractivity contribution in [3.63, 3.8) is 0 Å². The van der Waals surface area contributed by atoms with E-state index in [4.69, 9.17) is 4.42 Å². The Labute approximate surface area is 156 Å². The fourth-order valence-corrected chi connectivity index (χ4v) is 3.56. The van der Waals surface area contributed by atoms with E-state index in [0.717, 1.165) is 10.3 Å². The highest BCUT2D eigenvalue weighted by atomic mass is 32.1. The largest absolute Gasteiger partial charge is 0.447 e. The van der Waals surface area contributed by atoms with Crippen molar-refractivity contribution in [1.82, 2.24) is 15.0 Å². The summed E-state index contributed by atoms with van der Waals surface area (Å²) in [5, 5.41) is 6.85. The van der Waals surface area contributed by atoms with Crippen LogP contribution < -0.4 is 16.0 Å². The second-order valence-corrected chi connectivity index (χ2v) is 12.6. The number of carbonyl (C=O) groups excluding carboxylic acids is 1. The average molecular weight is 386 g/mol. The number of urea groups is 1. The Balaban J connectivity index is 1.59. The molecule has 3 heterocycles. The Morgan fingerprint density at radius 3 is 2.69 bits per heavy atom. The van der Waals surface area contributed by atoms with Crippen LogP contribution in [0.3, 0.4) is 0 Å². The predicted molar refractivity (Wildman–Crippen MR) is 107 cm³/mol. The number of anilines is 2. The van der Waals surface area contributed by atoms with Gasteiger partial charge in [-0.2, -0.15) is 0 Å². The quantitative estimate of drug-likeness (QED) is 0.650. The van der Waals surface area contributed by atoms with E-state index in [9.17, 15) is 4.79 Å². The summed E-state index contributed by atoms with van der Waals surface area (Å²) >= 11 is 1.36. The summed E-state index contributed by atoms with van der Waals surface area (Å²) in [7, 11) is -1.50. The molecule has 0 spiro atoms. The van der Waals surface area contributed by atoms with Crippen LogP contribution in [0, 0.1) is 0 Å². The van der Waals surface area contributed by atoms with E-state index >= 15 is 0 Å². The molecule has 26 heavy (non-hydrogen) atoms. The summed E-state index contributed by atoms with van der Waals surface area (Å²) in [5.74, 6) is 0.569. The highest BCUT2D eigenvalue weighted by Gasteiger charge is 2.21. The third kappa shape index (κ3) is 4.87. The van der Waals surface area contributed by atoms with Gasteiger partial charge in [-0.3, -0.25) is 10.3 Å². The Morgan fingerprint density at radius 1 is 1.15 bits per heavy atom. The molecule has 0 fully saturated rings. The molecule has 3 aromatic heterocycles. The van der Waals surface area contributed by atoms with Crippen LogP contribution in [0.5, 0.6) is 0 Å². The number of hydrogen-bond donors (Lipinski definition) is 2. The van der Waals surface area contributed by atoms with E-state index in [1.807, 2.05) is 6.08 Å². The molecule has 0 bridgehead atoms. The fourth-order valence-electron chi connectivity index (χ4n) is 1.98. The van der Waals surface area contributed by atoms with Crippen LogP contribution in [-0.4, -0.2) is 29.1 Å². The second-order valence-electron chi connectivity index (χ2n) is 6.53. The molecular formula is C17H19N5O2SSi. The molecule has 0 radical (unpaired) electrons. The number of oxazole rings is 1. The van der Waals surface area contributed by atoms with Crippen molar-refractivity contribution in [3.05, 3.63) is 47.7 Å². The number of nitrogens with one attached hydrogen (secondary N) is 2. The minimum absolute atomic E-state index is 0.365. The van der Waals surface area contributed by atoms with Gasteiger partial charge in [0.1, 0.15) is 13.5 Å². The summed E-state index contributed by atoms with van der Waals surface area (Å²) in [6.07, 6.45) is 10.4. The SMILES string of the molecule is C[Si](C)(C)c1cnc(/C=C/c2cnc(NC(=O)Nc3cccnc3)s2)o1. The molecule has 2 amide bonds. The van der Waals surface area contributed by atoms with Gasteiger partial charge in [-0.15, -0.1) is 0 Å². The Hall–Kier alpha value is -2.78. The van der Waals surface area contributed by atoms with E-state index in [0.29, 0.717) is 16.7 Å². The first-order chi connectivity index (χ1) is 12.4. The number of thiazole rings is 1. The Morgan fingerprint density at radius 2 is 2.00 bits per heavy atom. The first kappa shape index (κ1) is 18.0. The van der Waals surface area contributed by atoms with Gasteiger partial charge in [0.25, 0.3) is 0 Å². The molecule has 0 unspecified atom stereocenters. The first-order valence-corrected chi connectivity index (χ1v) is 12.3. The number of amides is 2. The smallest absolute Gasteiger partial charge is 0.325 e. The molecule has 0 saturated carbocycles. The second kappa shape index (κ2) is 7.62. The molecule has 0 atom stereocenters. The molecule has 0 aromatic carbocycles. The standard InChI is InChI=1S/C17H19N5O2SSi/c1-26(2,3)15-11-19-14(24-15)7-6-13-10-20-17(25-13)22-16(23)21-12-5-4-8-18-9-12/h4-11H,1-3H3,(H2,20,21,22,23)/b7-6+. The number of nitrogens with zero attached hydrogens (tertiary/aromatic N) is 3. The number of aromatic nitrogens is 3. The van der Waals surface area contributed by atoms with Crippen molar-refractivity contribution in [3.8, 4) is 0 Å². The van der Waals surface area contributed by atoms with Crippen molar-refractivity contribution in [2.75, 3.05) is 10.6 Å². The molecule has 3 rings (SSSR count). The van der Waals surface area contributed by atoms with Gasteiger partial charge in [0.2, 0.25) is 5.89 Å². The molecule has 9 heteroatoms. The molecule has 0 aliphatic rings. The molecule has 0 aliphatic heterocycles. The van der Waals surface area contributed by atoms with Crippen LogP contribution in [0.15, 0.2) is 41.3 Å². The lowest BCUT2D eigenvalue weighted by Gasteiger charge is -2.09. The summed E-state index contributed by atoms with van der Waals surface area (Å²) < 4.78 is 5.77. The third-order valence-corrected chi connectivity index (χ3v) is 5.90. The lowest BCUT2D eigenvalue weighted by atomic mass is 10.4. The van der Waals surface area contributed by atoms with Crippen molar-refractivity contribution in [2.45, 2.75) is 19.6 Å². The molecule has 7 nitrogen and oxygen atoms in total. The van der Waals surface area contributed by atoms with Crippen molar-refractivity contribution in [1.29, 1.82) is 0 Å². The van der Waals surface area contributed by atoms with E-state index in [2.05, 4.69) is 45.2 Å². The van der Waals surface area contributed by atoms with Crippen LogP contribution in [-0.2, 0) is 0 Å². The zero-order valence-corrected chi connectivity index (χ0v) is 16.5. The molecule has 0 saturated heterocycles. The van der Waals surface area contributed by atoms with Crippen LogP contribution in [0.2, 0.25) is 19.6 Å². The zero-order valence-electron chi connectivity index (χ0n) is 14.7. The van der Waals surface area contributed by atoms with Crippen LogP contribution in [0.4, 0.5) is 15.6 Å². The lowest BCUT2D eigenvalue weighted by molar-refractivity contribution is 0.262. The Bertz CT molecular complexity index is 915. The van der Waals surface area contributed by atoms with Crippen LogP contribution in [0.1, 0.15) is 10.8 Å². The fraction of sp³-hybridized carbons (Fsp3) is 0.176. The van der Waals surface area contributed by atoms with Gasteiger partial charge in [-0.05, 0) is 18.2 Å². The van der Waals surface area contributed by atoms with Gasteiger partial charge in [0.05, 0.1) is 18.1 Å². The Kier molecular flexibility index (Phi) is 5.28. The van der Waals surface area contributed by atoms with Gasteiger partial charge in [0, 0.05) is 23.3 Å². The maximum atomic E-state index is 11.9.